The highest BCUT2D eigenvalue weighted by Crippen LogP contribution is 2.29. The van der Waals surface area contributed by atoms with E-state index in [-0.39, 0.29) is 11.8 Å². The third kappa shape index (κ3) is 3.33. The van der Waals surface area contributed by atoms with E-state index >= 15 is 0 Å². The maximum absolute atomic E-state index is 14.2. The molecule has 0 saturated heterocycles. The summed E-state index contributed by atoms with van der Waals surface area (Å²) in [5.74, 6) is 0.245. The predicted molar refractivity (Wildman–Crippen MR) is 102 cm³/mol. The highest BCUT2D eigenvalue weighted by Gasteiger charge is 2.29. The second-order valence-corrected chi connectivity index (χ2v) is 6.94. The molecule has 2 aromatic heterocycles. The van der Waals surface area contributed by atoms with Crippen molar-refractivity contribution < 1.29 is 9.18 Å². The third-order valence-electron chi connectivity index (χ3n) is 4.84. The summed E-state index contributed by atoms with van der Waals surface area (Å²) in [6.45, 7) is 1.34. The van der Waals surface area contributed by atoms with Crippen molar-refractivity contribution >= 4 is 6.03 Å². The number of aromatic nitrogens is 4. The molecule has 7 nitrogen and oxygen atoms in total. The minimum absolute atomic E-state index is 0.0487. The van der Waals surface area contributed by atoms with E-state index in [4.69, 9.17) is 5.10 Å². The van der Waals surface area contributed by atoms with Gasteiger partial charge in [-0.15, -0.1) is 0 Å². The largest absolute Gasteiger partial charge is 0.331 e. The van der Waals surface area contributed by atoms with E-state index in [2.05, 4.69) is 9.97 Å². The van der Waals surface area contributed by atoms with Gasteiger partial charge in [-0.05, 0) is 12.1 Å². The van der Waals surface area contributed by atoms with E-state index in [9.17, 15) is 9.18 Å². The van der Waals surface area contributed by atoms with Crippen LogP contribution in [0.1, 0.15) is 16.8 Å². The highest BCUT2D eigenvalue weighted by molar-refractivity contribution is 5.74. The first-order valence-corrected chi connectivity index (χ1v) is 9.10. The van der Waals surface area contributed by atoms with Crippen molar-refractivity contribution in [2.45, 2.75) is 19.5 Å². The topological polar surface area (TPSA) is 67.2 Å². The summed E-state index contributed by atoms with van der Waals surface area (Å²) in [5, 5.41) is 4.71. The Morgan fingerprint density at radius 3 is 2.64 bits per heavy atom. The van der Waals surface area contributed by atoms with Gasteiger partial charge in [0.2, 0.25) is 0 Å². The van der Waals surface area contributed by atoms with Crippen molar-refractivity contribution in [3.63, 3.8) is 0 Å². The molecule has 0 N–H and O–H groups in total. The standard InChI is InChI=1S/C20H21FN6O/c1-25(2)20(28)26-11-8-17-15(13-26)18(19-22-9-5-10-23-19)24-27(17)12-14-6-3-4-7-16(14)21/h3-7,9-10H,8,11-13H2,1-2H3. The van der Waals surface area contributed by atoms with Crippen LogP contribution in [0.25, 0.3) is 11.5 Å². The number of carbonyl (C=O) groups excluding carboxylic acids is 1. The van der Waals surface area contributed by atoms with Crippen molar-refractivity contribution in [1.29, 1.82) is 0 Å². The summed E-state index contributed by atoms with van der Waals surface area (Å²) in [5.41, 5.74) is 3.13. The minimum atomic E-state index is -0.260. The molecule has 1 aromatic carbocycles. The minimum Gasteiger partial charge on any atom is -0.331 e. The smallest absolute Gasteiger partial charge is 0.319 e. The Morgan fingerprint density at radius 1 is 1.18 bits per heavy atom. The molecule has 3 aromatic rings. The SMILES string of the molecule is CN(C)C(=O)N1CCc2c(c(-c3ncccn3)nn2Cc2ccccc2F)C1. The Kier molecular flexibility index (Phi) is 4.77. The van der Waals surface area contributed by atoms with E-state index < -0.39 is 0 Å². The van der Waals surface area contributed by atoms with Crippen LogP contribution in [0.15, 0.2) is 42.7 Å². The van der Waals surface area contributed by atoms with Crippen LogP contribution in [0.4, 0.5) is 9.18 Å². The molecule has 0 radical (unpaired) electrons. The molecule has 2 amide bonds. The molecule has 0 bridgehead atoms. The maximum Gasteiger partial charge on any atom is 0.319 e. The fraction of sp³-hybridized carbons (Fsp3) is 0.300. The zero-order valence-electron chi connectivity index (χ0n) is 15.8. The molecule has 1 aliphatic rings. The number of hydrogen-bond acceptors (Lipinski definition) is 4. The molecule has 0 saturated carbocycles. The van der Waals surface area contributed by atoms with Gasteiger partial charge in [-0.3, -0.25) is 4.68 Å². The van der Waals surface area contributed by atoms with Crippen molar-refractivity contribution in [2.24, 2.45) is 0 Å². The number of hydrogen-bond donors (Lipinski definition) is 0. The van der Waals surface area contributed by atoms with E-state index in [1.165, 1.54) is 6.07 Å². The number of fused-ring (bicyclic) bond motifs is 1. The molecule has 1 aliphatic heterocycles. The van der Waals surface area contributed by atoms with E-state index in [0.29, 0.717) is 43.1 Å². The van der Waals surface area contributed by atoms with E-state index in [1.54, 1.807) is 54.5 Å². The van der Waals surface area contributed by atoms with Crippen LogP contribution in [0.5, 0.6) is 0 Å². The first kappa shape index (κ1) is 18.1. The van der Waals surface area contributed by atoms with Crippen molar-refractivity contribution in [3.8, 4) is 11.5 Å². The van der Waals surface area contributed by atoms with Crippen molar-refractivity contribution in [1.82, 2.24) is 29.5 Å². The van der Waals surface area contributed by atoms with Crippen LogP contribution in [0, 0.1) is 5.82 Å². The average Bonchev–Trinajstić information content (AvgIpc) is 3.07. The van der Waals surface area contributed by atoms with Crippen LogP contribution in [-0.4, -0.2) is 56.2 Å². The molecule has 0 atom stereocenters. The number of urea groups is 1. The molecule has 0 spiro atoms. The summed E-state index contributed by atoms with van der Waals surface area (Å²) < 4.78 is 16.0. The van der Waals surface area contributed by atoms with Gasteiger partial charge in [0, 0.05) is 56.3 Å². The molecular weight excluding hydrogens is 359 g/mol. The number of carbonyl (C=O) groups is 1. The molecule has 8 heteroatoms. The second kappa shape index (κ2) is 7.38. The summed E-state index contributed by atoms with van der Waals surface area (Å²) in [7, 11) is 3.47. The summed E-state index contributed by atoms with van der Waals surface area (Å²) >= 11 is 0. The van der Waals surface area contributed by atoms with Crippen molar-refractivity contribution in [3.05, 3.63) is 65.4 Å². The van der Waals surface area contributed by atoms with Gasteiger partial charge in [-0.25, -0.2) is 19.2 Å². The molecule has 28 heavy (non-hydrogen) atoms. The molecule has 144 valence electrons. The molecule has 4 rings (SSSR count). The Morgan fingerprint density at radius 2 is 1.93 bits per heavy atom. The van der Waals surface area contributed by atoms with Crippen LogP contribution in [0.2, 0.25) is 0 Å². The molecule has 0 aliphatic carbocycles. The second-order valence-electron chi connectivity index (χ2n) is 6.94. The van der Waals surface area contributed by atoms with Crippen LogP contribution in [0.3, 0.4) is 0 Å². The zero-order chi connectivity index (χ0) is 19.7. The number of nitrogens with zero attached hydrogens (tertiary/aromatic N) is 6. The highest BCUT2D eigenvalue weighted by atomic mass is 19.1. The Balaban J connectivity index is 1.76. The maximum atomic E-state index is 14.2. The van der Waals surface area contributed by atoms with Crippen LogP contribution < -0.4 is 0 Å². The normalized spacial score (nSPS) is 13.3. The Hall–Kier alpha value is -3.29. The Labute approximate surface area is 162 Å². The molecular formula is C20H21FN6O. The summed E-state index contributed by atoms with van der Waals surface area (Å²) in [6.07, 6.45) is 3.97. The van der Waals surface area contributed by atoms with Gasteiger partial charge >= 0.3 is 6.03 Å². The quantitative estimate of drug-likeness (QED) is 0.700. The van der Waals surface area contributed by atoms with Gasteiger partial charge in [0.15, 0.2) is 5.82 Å². The lowest BCUT2D eigenvalue weighted by Gasteiger charge is -2.30. The monoisotopic (exact) mass is 380 g/mol. The number of rotatable bonds is 3. The Bertz CT molecular complexity index is 1000. The first-order valence-electron chi connectivity index (χ1n) is 9.10. The van der Waals surface area contributed by atoms with Crippen molar-refractivity contribution in [2.75, 3.05) is 20.6 Å². The van der Waals surface area contributed by atoms with Gasteiger partial charge in [-0.2, -0.15) is 5.10 Å². The summed E-state index contributed by atoms with van der Waals surface area (Å²) in [4.78, 5) is 24.4. The number of amides is 2. The molecule has 0 fully saturated rings. The lowest BCUT2D eigenvalue weighted by molar-refractivity contribution is 0.165. The van der Waals surface area contributed by atoms with Gasteiger partial charge in [0.05, 0.1) is 13.1 Å². The number of halogens is 1. The lowest BCUT2D eigenvalue weighted by Crippen LogP contribution is -2.42. The average molecular weight is 380 g/mol. The van der Waals surface area contributed by atoms with Crippen LogP contribution in [-0.2, 0) is 19.5 Å². The first-order chi connectivity index (χ1) is 13.5. The summed E-state index contributed by atoms with van der Waals surface area (Å²) in [6, 6.07) is 8.39. The molecule has 0 unspecified atom stereocenters. The van der Waals surface area contributed by atoms with Gasteiger partial charge in [0.1, 0.15) is 11.5 Å². The van der Waals surface area contributed by atoms with Gasteiger partial charge < -0.3 is 9.80 Å². The van der Waals surface area contributed by atoms with E-state index in [1.807, 2.05) is 10.7 Å². The van der Waals surface area contributed by atoms with E-state index in [0.717, 1.165) is 11.3 Å². The van der Waals surface area contributed by atoms with Gasteiger partial charge in [0.25, 0.3) is 0 Å². The zero-order valence-corrected chi connectivity index (χ0v) is 15.8. The third-order valence-corrected chi connectivity index (χ3v) is 4.84. The fourth-order valence-corrected chi connectivity index (χ4v) is 3.46. The number of benzene rings is 1. The van der Waals surface area contributed by atoms with Crippen LogP contribution >= 0.6 is 0 Å². The fourth-order valence-electron chi connectivity index (χ4n) is 3.46. The van der Waals surface area contributed by atoms with Gasteiger partial charge in [-0.1, -0.05) is 18.2 Å². The predicted octanol–water partition coefficient (Wildman–Crippen LogP) is 2.57. The lowest BCUT2D eigenvalue weighted by atomic mass is 10.0. The molecule has 3 heterocycles.